The fourth-order valence-corrected chi connectivity index (χ4v) is 2.73. The Morgan fingerprint density at radius 1 is 1.14 bits per heavy atom. The zero-order chi connectivity index (χ0) is 14.7. The van der Waals surface area contributed by atoms with Crippen molar-refractivity contribution < 1.29 is 0 Å². The molecule has 1 aliphatic rings. The Bertz CT molecular complexity index is 581. The third-order valence-corrected chi connectivity index (χ3v) is 3.98. The molecular weight excluding hydrogens is 266 g/mol. The molecule has 21 heavy (non-hydrogen) atoms. The third-order valence-electron chi connectivity index (χ3n) is 3.98. The van der Waals surface area contributed by atoms with E-state index in [0.717, 1.165) is 0 Å². The summed E-state index contributed by atoms with van der Waals surface area (Å²) in [6.45, 7) is 2.28. The molecule has 2 aromatic rings. The summed E-state index contributed by atoms with van der Waals surface area (Å²) in [5, 5.41) is 10.6. The third kappa shape index (κ3) is 3.12. The van der Waals surface area contributed by atoms with E-state index in [4.69, 9.17) is 0 Å². The van der Waals surface area contributed by atoms with Crippen LogP contribution in [0.5, 0.6) is 0 Å². The van der Waals surface area contributed by atoms with E-state index in [1.807, 2.05) is 12.3 Å². The molecule has 2 unspecified atom stereocenters. The summed E-state index contributed by atoms with van der Waals surface area (Å²) in [5.41, 5.74) is 0. The minimum Gasteiger partial charge on any atom is -0.357 e. The highest BCUT2D eigenvalue weighted by atomic mass is 15.4. The second-order valence-corrected chi connectivity index (χ2v) is 5.50. The van der Waals surface area contributed by atoms with E-state index in [-0.39, 0.29) is 0 Å². The molecule has 1 fully saturated rings. The van der Waals surface area contributed by atoms with Gasteiger partial charge in [-0.05, 0) is 24.8 Å². The van der Waals surface area contributed by atoms with Gasteiger partial charge in [-0.25, -0.2) is 4.68 Å². The summed E-state index contributed by atoms with van der Waals surface area (Å²) in [5.74, 6) is 2.31. The van der Waals surface area contributed by atoms with Crippen molar-refractivity contribution in [3.05, 3.63) is 18.5 Å². The lowest BCUT2D eigenvalue weighted by molar-refractivity contribution is 0.348. The number of anilines is 2. The zero-order valence-electron chi connectivity index (χ0n) is 12.5. The van der Waals surface area contributed by atoms with E-state index in [2.05, 4.69) is 37.6 Å². The molecule has 2 N–H and O–H groups in total. The van der Waals surface area contributed by atoms with E-state index >= 15 is 0 Å². The molecule has 2 atom stereocenters. The molecule has 7 nitrogen and oxygen atoms in total. The Labute approximate surface area is 124 Å². The van der Waals surface area contributed by atoms with E-state index in [1.165, 1.54) is 25.7 Å². The van der Waals surface area contributed by atoms with Crippen LogP contribution >= 0.6 is 0 Å². The minimum atomic E-state index is 0.427. The highest BCUT2D eigenvalue weighted by molar-refractivity contribution is 5.38. The summed E-state index contributed by atoms with van der Waals surface area (Å²) in [6.07, 6.45) is 8.53. The number of hydrogen-bond acceptors (Lipinski definition) is 6. The molecule has 1 aliphatic carbocycles. The average molecular weight is 287 g/mol. The SMILES string of the molecule is CNc1nc(NC2CCCCC2C)nc(-n2cccn2)n1. The first-order chi connectivity index (χ1) is 10.3. The lowest BCUT2D eigenvalue weighted by atomic mass is 9.86. The molecule has 0 radical (unpaired) electrons. The number of aromatic nitrogens is 5. The van der Waals surface area contributed by atoms with Crippen LogP contribution in [0.3, 0.4) is 0 Å². The average Bonchev–Trinajstić information content (AvgIpc) is 3.04. The van der Waals surface area contributed by atoms with Gasteiger partial charge in [0, 0.05) is 25.5 Å². The van der Waals surface area contributed by atoms with Crippen molar-refractivity contribution in [2.24, 2.45) is 5.92 Å². The van der Waals surface area contributed by atoms with Gasteiger partial charge in [-0.2, -0.15) is 20.1 Å². The second-order valence-electron chi connectivity index (χ2n) is 5.50. The van der Waals surface area contributed by atoms with Gasteiger partial charge in [0.15, 0.2) is 0 Å². The van der Waals surface area contributed by atoms with Crippen LogP contribution < -0.4 is 10.6 Å². The van der Waals surface area contributed by atoms with Crippen LogP contribution in [0.15, 0.2) is 18.5 Å². The lowest BCUT2D eigenvalue weighted by Gasteiger charge is -2.29. The van der Waals surface area contributed by atoms with Crippen LogP contribution in [-0.4, -0.2) is 37.8 Å². The van der Waals surface area contributed by atoms with Crippen LogP contribution in [-0.2, 0) is 0 Å². The maximum Gasteiger partial charge on any atom is 0.257 e. The maximum absolute atomic E-state index is 4.48. The highest BCUT2D eigenvalue weighted by Gasteiger charge is 2.22. The molecule has 2 heterocycles. The smallest absolute Gasteiger partial charge is 0.257 e. The molecule has 0 spiro atoms. The van der Waals surface area contributed by atoms with Gasteiger partial charge in [0.1, 0.15) is 0 Å². The van der Waals surface area contributed by atoms with Gasteiger partial charge in [0.25, 0.3) is 5.95 Å². The van der Waals surface area contributed by atoms with E-state index in [9.17, 15) is 0 Å². The van der Waals surface area contributed by atoms with Crippen molar-refractivity contribution in [3.63, 3.8) is 0 Å². The Balaban J connectivity index is 1.85. The molecule has 0 saturated heterocycles. The largest absolute Gasteiger partial charge is 0.357 e. The summed E-state index contributed by atoms with van der Waals surface area (Å²) in [7, 11) is 1.80. The van der Waals surface area contributed by atoms with Gasteiger partial charge in [-0.3, -0.25) is 0 Å². The van der Waals surface area contributed by atoms with Gasteiger partial charge >= 0.3 is 0 Å². The predicted octanol–water partition coefficient (Wildman–Crippen LogP) is 2.09. The van der Waals surface area contributed by atoms with Crippen LogP contribution in [0, 0.1) is 5.92 Å². The second kappa shape index (κ2) is 6.07. The Morgan fingerprint density at radius 2 is 1.95 bits per heavy atom. The van der Waals surface area contributed by atoms with Crippen molar-refractivity contribution >= 4 is 11.9 Å². The Hall–Kier alpha value is -2.18. The molecular formula is C14H21N7. The normalized spacial score (nSPS) is 22.0. The quantitative estimate of drug-likeness (QED) is 0.896. The monoisotopic (exact) mass is 287 g/mol. The summed E-state index contributed by atoms with van der Waals surface area (Å²) < 4.78 is 1.64. The molecule has 112 valence electrons. The van der Waals surface area contributed by atoms with Gasteiger partial charge < -0.3 is 10.6 Å². The number of nitrogens with one attached hydrogen (secondary N) is 2. The fraction of sp³-hybridized carbons (Fsp3) is 0.571. The van der Waals surface area contributed by atoms with E-state index < -0.39 is 0 Å². The van der Waals surface area contributed by atoms with Gasteiger partial charge in [0.2, 0.25) is 11.9 Å². The maximum atomic E-state index is 4.48. The molecule has 3 rings (SSSR count). The molecule has 2 aromatic heterocycles. The molecule has 7 heteroatoms. The number of hydrogen-bond donors (Lipinski definition) is 2. The van der Waals surface area contributed by atoms with Crippen LogP contribution in [0.2, 0.25) is 0 Å². The van der Waals surface area contributed by atoms with Crippen LogP contribution in [0.1, 0.15) is 32.6 Å². The van der Waals surface area contributed by atoms with Crippen molar-refractivity contribution in [3.8, 4) is 5.95 Å². The van der Waals surface area contributed by atoms with E-state index in [1.54, 1.807) is 17.9 Å². The summed E-state index contributed by atoms with van der Waals surface area (Å²) >= 11 is 0. The number of rotatable bonds is 4. The van der Waals surface area contributed by atoms with Gasteiger partial charge in [-0.1, -0.05) is 19.8 Å². The summed E-state index contributed by atoms with van der Waals surface area (Å²) in [4.78, 5) is 13.2. The Kier molecular flexibility index (Phi) is 3.98. The molecule has 0 aromatic carbocycles. The van der Waals surface area contributed by atoms with E-state index in [0.29, 0.717) is 29.8 Å². The van der Waals surface area contributed by atoms with Gasteiger partial charge in [0.05, 0.1) is 0 Å². The lowest BCUT2D eigenvalue weighted by Crippen LogP contribution is -2.31. The fourth-order valence-electron chi connectivity index (χ4n) is 2.73. The minimum absolute atomic E-state index is 0.427. The first-order valence-corrected chi connectivity index (χ1v) is 7.46. The van der Waals surface area contributed by atoms with Crippen molar-refractivity contribution in [1.82, 2.24) is 24.7 Å². The van der Waals surface area contributed by atoms with Crippen LogP contribution in [0.25, 0.3) is 5.95 Å². The number of nitrogens with zero attached hydrogens (tertiary/aromatic N) is 5. The molecule has 0 bridgehead atoms. The van der Waals surface area contributed by atoms with Crippen LogP contribution in [0.4, 0.5) is 11.9 Å². The van der Waals surface area contributed by atoms with Gasteiger partial charge in [-0.15, -0.1) is 0 Å². The molecule has 1 saturated carbocycles. The molecule has 0 aliphatic heterocycles. The van der Waals surface area contributed by atoms with Crippen molar-refractivity contribution in [2.75, 3.05) is 17.7 Å². The first-order valence-electron chi connectivity index (χ1n) is 7.46. The zero-order valence-corrected chi connectivity index (χ0v) is 12.5. The Morgan fingerprint density at radius 3 is 2.67 bits per heavy atom. The topological polar surface area (TPSA) is 80.5 Å². The standard InChI is InChI=1S/C14H21N7/c1-10-6-3-4-7-11(10)17-13-18-12(15-2)19-14(20-13)21-9-5-8-16-21/h5,8-11H,3-4,6-7H2,1-2H3,(H2,15,17,18,19,20). The highest BCUT2D eigenvalue weighted by Crippen LogP contribution is 2.26. The molecule has 0 amide bonds. The van der Waals surface area contributed by atoms with Crippen molar-refractivity contribution in [1.29, 1.82) is 0 Å². The first kappa shape index (κ1) is 13.8. The predicted molar refractivity (Wildman–Crippen MR) is 81.5 cm³/mol. The summed E-state index contributed by atoms with van der Waals surface area (Å²) in [6, 6.07) is 2.27. The van der Waals surface area contributed by atoms with Crippen molar-refractivity contribution in [2.45, 2.75) is 38.6 Å².